The maximum atomic E-state index is 12.1. The molecule has 0 aliphatic heterocycles. The molecular formula is C14H14N4O2S. The Balaban J connectivity index is 1.75. The van der Waals surface area contributed by atoms with Gasteiger partial charge in [0.2, 0.25) is 0 Å². The van der Waals surface area contributed by atoms with Crippen molar-refractivity contribution in [2.24, 2.45) is 0 Å². The number of H-pyrrole nitrogens is 2. The third kappa shape index (κ3) is 2.73. The summed E-state index contributed by atoms with van der Waals surface area (Å²) in [4.78, 5) is 33.6. The summed E-state index contributed by atoms with van der Waals surface area (Å²) < 4.78 is 0. The molecule has 3 N–H and O–H groups in total. The molecule has 0 spiro atoms. The highest BCUT2D eigenvalue weighted by atomic mass is 32.1. The number of aryl methyl sites for hydroxylation is 2. The zero-order chi connectivity index (χ0) is 15.0. The highest BCUT2D eigenvalue weighted by molar-refractivity contribution is 7.13. The van der Waals surface area contributed by atoms with Crippen LogP contribution in [0.1, 0.15) is 25.9 Å². The van der Waals surface area contributed by atoms with Gasteiger partial charge in [-0.25, -0.2) is 9.78 Å². The Bertz CT molecular complexity index is 875. The lowest BCUT2D eigenvalue weighted by molar-refractivity contribution is 0.0954. The van der Waals surface area contributed by atoms with Crippen molar-refractivity contribution in [3.05, 3.63) is 49.8 Å². The van der Waals surface area contributed by atoms with Crippen LogP contribution in [0.3, 0.4) is 0 Å². The molecule has 0 atom stereocenters. The summed E-state index contributed by atoms with van der Waals surface area (Å²) >= 11 is 1.39. The number of nitrogens with one attached hydrogen (secondary N) is 3. The largest absolute Gasteiger partial charge is 0.347 e. The maximum Gasteiger partial charge on any atom is 0.323 e. The molecule has 108 valence electrons. The molecule has 0 radical (unpaired) electrons. The SMILES string of the molecule is Cc1nc(C)c(C(=O)NCc2ccc3[nH]c(=O)[nH]c3c2)s1. The number of aromatic nitrogens is 3. The number of carbonyl (C=O) groups excluding carboxylic acids is 1. The molecule has 21 heavy (non-hydrogen) atoms. The van der Waals surface area contributed by atoms with Gasteiger partial charge in [0.15, 0.2) is 0 Å². The zero-order valence-corrected chi connectivity index (χ0v) is 12.4. The van der Waals surface area contributed by atoms with Gasteiger partial charge in [-0.3, -0.25) is 4.79 Å². The number of amides is 1. The number of hydrogen-bond acceptors (Lipinski definition) is 4. The molecule has 1 amide bonds. The number of benzene rings is 1. The summed E-state index contributed by atoms with van der Waals surface area (Å²) in [6, 6.07) is 5.53. The van der Waals surface area contributed by atoms with E-state index >= 15 is 0 Å². The molecule has 0 saturated heterocycles. The number of aromatic amines is 2. The Hall–Kier alpha value is -2.41. The van der Waals surface area contributed by atoms with Gasteiger partial charge in [0.1, 0.15) is 4.88 Å². The van der Waals surface area contributed by atoms with Crippen molar-refractivity contribution in [3.63, 3.8) is 0 Å². The number of thiazole rings is 1. The van der Waals surface area contributed by atoms with Gasteiger partial charge in [-0.2, -0.15) is 0 Å². The second-order valence-electron chi connectivity index (χ2n) is 4.79. The first-order valence-corrected chi connectivity index (χ1v) is 7.28. The number of imidazole rings is 1. The number of fused-ring (bicyclic) bond motifs is 1. The van der Waals surface area contributed by atoms with E-state index in [1.807, 2.05) is 32.0 Å². The first-order valence-electron chi connectivity index (χ1n) is 6.46. The van der Waals surface area contributed by atoms with Crippen molar-refractivity contribution < 1.29 is 4.79 Å². The summed E-state index contributed by atoms with van der Waals surface area (Å²) in [6.45, 7) is 4.11. The molecule has 0 saturated carbocycles. The normalized spacial score (nSPS) is 11.0. The van der Waals surface area contributed by atoms with Crippen LogP contribution in [0.4, 0.5) is 0 Å². The Morgan fingerprint density at radius 3 is 2.76 bits per heavy atom. The van der Waals surface area contributed by atoms with Gasteiger partial charge in [-0.05, 0) is 31.5 Å². The standard InChI is InChI=1S/C14H14N4O2S/c1-7-12(21-8(2)16-7)13(19)15-6-9-3-4-10-11(5-9)18-14(20)17-10/h3-5H,6H2,1-2H3,(H,15,19)(H2,17,18,20). The predicted octanol–water partition coefficient (Wildman–Crippen LogP) is 1.86. The highest BCUT2D eigenvalue weighted by Gasteiger charge is 2.13. The van der Waals surface area contributed by atoms with E-state index in [9.17, 15) is 9.59 Å². The molecule has 0 fully saturated rings. The van der Waals surface area contributed by atoms with E-state index in [4.69, 9.17) is 0 Å². The molecule has 1 aromatic carbocycles. The third-order valence-electron chi connectivity index (χ3n) is 3.14. The van der Waals surface area contributed by atoms with Crippen molar-refractivity contribution in [3.8, 4) is 0 Å². The van der Waals surface area contributed by atoms with Crippen molar-refractivity contribution >= 4 is 28.3 Å². The van der Waals surface area contributed by atoms with E-state index in [1.165, 1.54) is 11.3 Å². The van der Waals surface area contributed by atoms with Crippen molar-refractivity contribution in [2.75, 3.05) is 0 Å². The molecule has 7 heteroatoms. The van der Waals surface area contributed by atoms with Gasteiger partial charge in [0.05, 0.1) is 21.7 Å². The van der Waals surface area contributed by atoms with Crippen molar-refractivity contribution in [1.29, 1.82) is 0 Å². The third-order valence-corrected chi connectivity index (χ3v) is 4.21. The summed E-state index contributed by atoms with van der Waals surface area (Å²) in [5, 5.41) is 3.75. The lowest BCUT2D eigenvalue weighted by Gasteiger charge is -2.04. The van der Waals surface area contributed by atoms with Crippen LogP contribution in [-0.2, 0) is 6.54 Å². The van der Waals surface area contributed by atoms with E-state index in [0.717, 1.165) is 27.3 Å². The fourth-order valence-electron chi connectivity index (χ4n) is 2.19. The zero-order valence-electron chi connectivity index (χ0n) is 11.6. The van der Waals surface area contributed by atoms with Gasteiger partial charge in [-0.1, -0.05) is 6.07 Å². The minimum atomic E-state index is -0.234. The van der Waals surface area contributed by atoms with Crippen molar-refractivity contribution in [1.82, 2.24) is 20.3 Å². The van der Waals surface area contributed by atoms with Crippen LogP contribution in [0.25, 0.3) is 11.0 Å². The first kappa shape index (κ1) is 13.6. The van der Waals surface area contributed by atoms with Crippen molar-refractivity contribution in [2.45, 2.75) is 20.4 Å². The Morgan fingerprint density at radius 2 is 2.05 bits per heavy atom. The average Bonchev–Trinajstić information content (AvgIpc) is 2.96. The molecule has 2 heterocycles. The first-order chi connectivity index (χ1) is 10.0. The summed E-state index contributed by atoms with van der Waals surface area (Å²) in [6.07, 6.45) is 0. The molecule has 0 aliphatic carbocycles. The highest BCUT2D eigenvalue weighted by Crippen LogP contribution is 2.17. The van der Waals surface area contributed by atoms with Gasteiger partial charge < -0.3 is 15.3 Å². The fraction of sp³-hybridized carbons (Fsp3) is 0.214. The van der Waals surface area contributed by atoms with E-state index in [2.05, 4.69) is 20.3 Å². The van der Waals surface area contributed by atoms with Gasteiger partial charge >= 0.3 is 5.69 Å². The topological polar surface area (TPSA) is 90.6 Å². The molecular weight excluding hydrogens is 288 g/mol. The molecule has 3 aromatic rings. The lowest BCUT2D eigenvalue weighted by atomic mass is 10.2. The summed E-state index contributed by atoms with van der Waals surface area (Å²) in [5.74, 6) is -0.124. The average molecular weight is 302 g/mol. The smallest absolute Gasteiger partial charge is 0.323 e. The van der Waals surface area contributed by atoms with Gasteiger partial charge in [0, 0.05) is 6.54 Å². The van der Waals surface area contributed by atoms with Gasteiger partial charge in [-0.15, -0.1) is 11.3 Å². The lowest BCUT2D eigenvalue weighted by Crippen LogP contribution is -2.22. The second kappa shape index (κ2) is 5.17. The van der Waals surface area contributed by atoms with E-state index in [0.29, 0.717) is 11.4 Å². The second-order valence-corrected chi connectivity index (χ2v) is 5.99. The predicted molar refractivity (Wildman–Crippen MR) is 81.7 cm³/mol. The molecule has 6 nitrogen and oxygen atoms in total. The maximum absolute atomic E-state index is 12.1. The van der Waals surface area contributed by atoms with E-state index in [-0.39, 0.29) is 11.6 Å². The Morgan fingerprint density at radius 1 is 1.29 bits per heavy atom. The number of hydrogen-bond donors (Lipinski definition) is 3. The minimum absolute atomic E-state index is 0.124. The van der Waals surface area contributed by atoms with E-state index < -0.39 is 0 Å². The summed E-state index contributed by atoms with van der Waals surface area (Å²) in [7, 11) is 0. The number of rotatable bonds is 3. The Labute approximate surface area is 124 Å². The molecule has 0 bridgehead atoms. The van der Waals surface area contributed by atoms with Crippen LogP contribution in [-0.4, -0.2) is 20.9 Å². The number of nitrogens with zero attached hydrogens (tertiary/aromatic N) is 1. The minimum Gasteiger partial charge on any atom is -0.347 e. The molecule has 0 aliphatic rings. The van der Waals surface area contributed by atoms with Crippen LogP contribution in [0, 0.1) is 13.8 Å². The summed E-state index contributed by atoms with van der Waals surface area (Å²) in [5.41, 5.74) is 2.92. The van der Waals surface area contributed by atoms with Crippen LogP contribution < -0.4 is 11.0 Å². The Kier molecular flexibility index (Phi) is 3.34. The molecule has 3 rings (SSSR count). The van der Waals surface area contributed by atoms with Crippen LogP contribution >= 0.6 is 11.3 Å². The molecule has 2 aromatic heterocycles. The van der Waals surface area contributed by atoms with Crippen LogP contribution in [0.15, 0.2) is 23.0 Å². The monoisotopic (exact) mass is 302 g/mol. The van der Waals surface area contributed by atoms with E-state index in [1.54, 1.807) is 0 Å². The molecule has 0 unspecified atom stereocenters. The quantitative estimate of drug-likeness (QED) is 0.689. The van der Waals surface area contributed by atoms with Gasteiger partial charge in [0.25, 0.3) is 5.91 Å². The van der Waals surface area contributed by atoms with Crippen LogP contribution in [0.2, 0.25) is 0 Å². The fourth-order valence-corrected chi connectivity index (χ4v) is 3.03. The van der Waals surface area contributed by atoms with Crippen LogP contribution in [0.5, 0.6) is 0 Å². The number of carbonyl (C=O) groups is 1.